The van der Waals surface area contributed by atoms with Crippen LogP contribution in [0.25, 0.3) is 0 Å². The minimum absolute atomic E-state index is 0.0261. The van der Waals surface area contributed by atoms with E-state index in [-0.39, 0.29) is 18.6 Å². The minimum Gasteiger partial charge on any atom is -0.394 e. The van der Waals surface area contributed by atoms with Crippen LogP contribution in [0.1, 0.15) is 34.9 Å². The van der Waals surface area contributed by atoms with E-state index in [0.29, 0.717) is 10.8 Å². The van der Waals surface area contributed by atoms with Gasteiger partial charge in [-0.15, -0.1) is 11.3 Å². The first-order valence-electron chi connectivity index (χ1n) is 5.37. The lowest BCUT2D eigenvalue weighted by atomic mass is 10.0. The zero-order chi connectivity index (χ0) is 12.1. The van der Waals surface area contributed by atoms with Crippen molar-refractivity contribution in [2.75, 3.05) is 6.61 Å². The topological polar surface area (TPSA) is 62.2 Å². The lowest BCUT2D eigenvalue weighted by Gasteiger charge is -2.17. The monoisotopic (exact) mass is 242 g/mol. The Morgan fingerprint density at radius 3 is 2.75 bits per heavy atom. The minimum atomic E-state index is -0.171. The van der Waals surface area contributed by atoms with Gasteiger partial charge in [0.05, 0.1) is 23.9 Å². The van der Waals surface area contributed by atoms with E-state index in [1.807, 2.05) is 6.92 Å². The first-order valence-corrected chi connectivity index (χ1v) is 6.18. The van der Waals surface area contributed by atoms with Crippen LogP contribution in [0, 0.1) is 12.8 Å². The quantitative estimate of drug-likeness (QED) is 0.824. The average Bonchev–Trinajstić information content (AvgIpc) is 2.63. The SMILES string of the molecule is Cc1ncc(C(=O)NC(CO)CC(C)C)s1. The van der Waals surface area contributed by atoms with Gasteiger partial charge < -0.3 is 10.4 Å². The first kappa shape index (κ1) is 13.1. The first-order chi connectivity index (χ1) is 7.52. The number of thiazole rings is 1. The highest BCUT2D eigenvalue weighted by atomic mass is 32.1. The second-order valence-electron chi connectivity index (χ2n) is 4.23. The van der Waals surface area contributed by atoms with E-state index in [1.54, 1.807) is 6.20 Å². The summed E-state index contributed by atoms with van der Waals surface area (Å²) in [5.41, 5.74) is 0. The molecule has 1 rings (SSSR count). The third-order valence-corrected chi connectivity index (χ3v) is 3.07. The Hall–Kier alpha value is -0.940. The Morgan fingerprint density at radius 1 is 1.62 bits per heavy atom. The summed E-state index contributed by atoms with van der Waals surface area (Å²) < 4.78 is 0. The third-order valence-electron chi connectivity index (χ3n) is 2.16. The van der Waals surface area contributed by atoms with Gasteiger partial charge in [-0.25, -0.2) is 4.98 Å². The van der Waals surface area contributed by atoms with Crippen LogP contribution < -0.4 is 5.32 Å². The number of amides is 1. The van der Waals surface area contributed by atoms with Crippen LogP contribution in [0.3, 0.4) is 0 Å². The molecule has 0 aliphatic rings. The standard InChI is InChI=1S/C11H18N2O2S/c1-7(2)4-9(6-14)13-11(15)10-5-12-8(3)16-10/h5,7,9,14H,4,6H2,1-3H3,(H,13,15). The van der Waals surface area contributed by atoms with Crippen LogP contribution in [0.4, 0.5) is 0 Å². The molecule has 0 radical (unpaired) electrons. The van der Waals surface area contributed by atoms with Crippen LogP contribution in [-0.2, 0) is 0 Å². The van der Waals surface area contributed by atoms with Gasteiger partial charge in [-0.1, -0.05) is 13.8 Å². The summed E-state index contributed by atoms with van der Waals surface area (Å²) in [6.07, 6.45) is 2.35. The number of rotatable bonds is 5. The van der Waals surface area contributed by atoms with E-state index in [4.69, 9.17) is 5.11 Å². The van der Waals surface area contributed by atoms with Crippen molar-refractivity contribution in [1.29, 1.82) is 0 Å². The molecule has 16 heavy (non-hydrogen) atoms. The zero-order valence-electron chi connectivity index (χ0n) is 9.86. The maximum absolute atomic E-state index is 11.8. The van der Waals surface area contributed by atoms with Crippen molar-refractivity contribution in [3.63, 3.8) is 0 Å². The Kier molecular flexibility index (Phi) is 4.89. The van der Waals surface area contributed by atoms with Gasteiger partial charge in [0.15, 0.2) is 0 Å². The maximum Gasteiger partial charge on any atom is 0.263 e. The lowest BCUT2D eigenvalue weighted by molar-refractivity contribution is 0.0912. The second kappa shape index (κ2) is 5.96. The molecule has 0 aliphatic heterocycles. The number of carbonyl (C=O) groups excluding carboxylic acids is 1. The van der Waals surface area contributed by atoms with Crippen molar-refractivity contribution < 1.29 is 9.90 Å². The molecule has 1 heterocycles. The van der Waals surface area contributed by atoms with Crippen LogP contribution in [0.5, 0.6) is 0 Å². The summed E-state index contributed by atoms with van der Waals surface area (Å²) in [6.45, 7) is 5.96. The van der Waals surface area contributed by atoms with Crippen molar-refractivity contribution in [2.45, 2.75) is 33.2 Å². The third kappa shape index (κ3) is 3.90. The maximum atomic E-state index is 11.8. The van der Waals surface area contributed by atoms with Gasteiger partial charge in [-0.05, 0) is 19.3 Å². The van der Waals surface area contributed by atoms with Gasteiger partial charge in [-0.3, -0.25) is 4.79 Å². The number of aromatic nitrogens is 1. The van der Waals surface area contributed by atoms with Gasteiger partial charge in [0.25, 0.3) is 5.91 Å². The molecule has 4 nitrogen and oxygen atoms in total. The predicted molar refractivity (Wildman–Crippen MR) is 64.6 cm³/mol. The molecule has 90 valence electrons. The van der Waals surface area contributed by atoms with Gasteiger partial charge in [0.1, 0.15) is 4.88 Å². The number of aliphatic hydroxyl groups excluding tert-OH is 1. The number of hydrogen-bond acceptors (Lipinski definition) is 4. The molecule has 0 bridgehead atoms. The zero-order valence-corrected chi connectivity index (χ0v) is 10.7. The Balaban J connectivity index is 2.55. The molecule has 1 amide bonds. The van der Waals surface area contributed by atoms with E-state index < -0.39 is 0 Å². The number of aryl methyl sites for hydroxylation is 1. The fourth-order valence-electron chi connectivity index (χ4n) is 1.47. The highest BCUT2D eigenvalue weighted by molar-refractivity contribution is 7.13. The van der Waals surface area contributed by atoms with Gasteiger partial charge in [0, 0.05) is 0 Å². The van der Waals surface area contributed by atoms with Crippen molar-refractivity contribution in [1.82, 2.24) is 10.3 Å². The highest BCUT2D eigenvalue weighted by Gasteiger charge is 2.15. The molecule has 1 aromatic heterocycles. The van der Waals surface area contributed by atoms with E-state index in [2.05, 4.69) is 24.1 Å². The summed E-state index contributed by atoms with van der Waals surface area (Å²) >= 11 is 1.36. The molecule has 2 N–H and O–H groups in total. The van der Waals surface area contributed by atoms with Gasteiger partial charge >= 0.3 is 0 Å². The molecule has 0 aliphatic carbocycles. The van der Waals surface area contributed by atoms with Gasteiger partial charge in [0.2, 0.25) is 0 Å². The molecule has 0 fully saturated rings. The van der Waals surface area contributed by atoms with Crippen molar-refractivity contribution >= 4 is 17.2 Å². The summed E-state index contributed by atoms with van der Waals surface area (Å²) in [7, 11) is 0. The predicted octanol–water partition coefficient (Wildman–Crippen LogP) is 1.59. The van der Waals surface area contributed by atoms with E-state index in [1.165, 1.54) is 11.3 Å². The van der Waals surface area contributed by atoms with Crippen LogP contribution in [0.2, 0.25) is 0 Å². The Morgan fingerprint density at radius 2 is 2.31 bits per heavy atom. The molecule has 0 saturated carbocycles. The Bertz CT molecular complexity index is 350. The van der Waals surface area contributed by atoms with E-state index in [0.717, 1.165) is 11.4 Å². The number of carbonyl (C=O) groups is 1. The van der Waals surface area contributed by atoms with E-state index >= 15 is 0 Å². The molecule has 5 heteroatoms. The number of aliphatic hydroxyl groups is 1. The summed E-state index contributed by atoms with van der Waals surface area (Å²) in [4.78, 5) is 16.4. The second-order valence-corrected chi connectivity index (χ2v) is 5.46. The molecule has 1 unspecified atom stereocenters. The smallest absolute Gasteiger partial charge is 0.263 e. The van der Waals surface area contributed by atoms with Crippen molar-refractivity contribution in [3.05, 3.63) is 16.1 Å². The average molecular weight is 242 g/mol. The molecule has 1 aromatic rings. The fourth-order valence-corrected chi connectivity index (χ4v) is 2.15. The lowest BCUT2D eigenvalue weighted by Crippen LogP contribution is -2.38. The highest BCUT2D eigenvalue weighted by Crippen LogP contribution is 2.12. The molecule has 0 spiro atoms. The summed E-state index contributed by atoms with van der Waals surface area (Å²) in [5.74, 6) is 0.297. The normalized spacial score (nSPS) is 12.8. The summed E-state index contributed by atoms with van der Waals surface area (Å²) in [5, 5.41) is 12.8. The molecule has 1 atom stereocenters. The van der Waals surface area contributed by atoms with Crippen LogP contribution in [0.15, 0.2) is 6.20 Å². The largest absolute Gasteiger partial charge is 0.394 e. The number of nitrogens with zero attached hydrogens (tertiary/aromatic N) is 1. The van der Waals surface area contributed by atoms with Crippen molar-refractivity contribution in [2.24, 2.45) is 5.92 Å². The number of hydrogen-bond donors (Lipinski definition) is 2. The Labute approximate surface area is 99.7 Å². The molecular formula is C11H18N2O2S. The van der Waals surface area contributed by atoms with Crippen molar-refractivity contribution in [3.8, 4) is 0 Å². The van der Waals surface area contributed by atoms with Gasteiger partial charge in [-0.2, -0.15) is 0 Å². The van der Waals surface area contributed by atoms with Crippen LogP contribution in [-0.4, -0.2) is 28.6 Å². The molecule has 0 aromatic carbocycles. The molecular weight excluding hydrogens is 224 g/mol. The molecule has 0 saturated heterocycles. The van der Waals surface area contributed by atoms with E-state index in [9.17, 15) is 4.79 Å². The van der Waals surface area contributed by atoms with Crippen LogP contribution >= 0.6 is 11.3 Å². The fraction of sp³-hybridized carbons (Fsp3) is 0.636. The number of nitrogens with one attached hydrogen (secondary N) is 1. The summed E-state index contributed by atoms with van der Waals surface area (Å²) in [6, 6.07) is -0.171.